The summed E-state index contributed by atoms with van der Waals surface area (Å²) in [5, 5.41) is 2.73. The van der Waals surface area contributed by atoms with Crippen LogP contribution in [0.3, 0.4) is 0 Å². The first kappa shape index (κ1) is 22.0. The van der Waals surface area contributed by atoms with Crippen molar-refractivity contribution >= 4 is 34.3 Å². The summed E-state index contributed by atoms with van der Waals surface area (Å²) in [5.41, 5.74) is 5.98. The molecule has 0 saturated heterocycles. The van der Waals surface area contributed by atoms with Gasteiger partial charge < -0.3 is 4.90 Å². The Bertz CT molecular complexity index is 1160. The molecule has 31 heavy (non-hydrogen) atoms. The van der Waals surface area contributed by atoms with Gasteiger partial charge in [0.2, 0.25) is 0 Å². The second-order valence-electron chi connectivity index (χ2n) is 11.0. The van der Waals surface area contributed by atoms with Gasteiger partial charge in [-0.3, -0.25) is 0 Å². The number of likely N-dealkylation sites (N-methyl/N-ethyl adjacent to an activating group) is 1. The van der Waals surface area contributed by atoms with Crippen LogP contribution in [0.15, 0.2) is 65.6 Å². The zero-order valence-corrected chi connectivity index (χ0v) is 21.0. The Morgan fingerprint density at radius 3 is 2.10 bits per heavy atom. The second-order valence-corrected chi connectivity index (χ2v) is 12.2. The lowest BCUT2D eigenvalue weighted by Gasteiger charge is -2.46. The minimum absolute atomic E-state index is 0.0171. The molecule has 3 aromatic carbocycles. The third kappa shape index (κ3) is 3.59. The average molecular weight is 430 g/mol. The summed E-state index contributed by atoms with van der Waals surface area (Å²) in [4.78, 5) is 3.77. The van der Waals surface area contributed by atoms with Crippen molar-refractivity contribution in [1.29, 1.82) is 0 Å². The SMILES string of the molecule is CC(C)(C)C.Cc1cc2c(c3ccccc13)SC1(C=C2)N(C)c2ccccc2C1(C)C. The Labute approximate surface area is 192 Å². The fourth-order valence-electron chi connectivity index (χ4n) is 4.79. The van der Waals surface area contributed by atoms with Gasteiger partial charge >= 0.3 is 0 Å². The Balaban J connectivity index is 0.000000418. The van der Waals surface area contributed by atoms with Crippen molar-refractivity contribution in [2.75, 3.05) is 11.9 Å². The third-order valence-electron chi connectivity index (χ3n) is 6.31. The number of aryl methyl sites for hydroxylation is 1. The van der Waals surface area contributed by atoms with Crippen LogP contribution in [0.5, 0.6) is 0 Å². The van der Waals surface area contributed by atoms with E-state index in [-0.39, 0.29) is 10.3 Å². The van der Waals surface area contributed by atoms with E-state index in [2.05, 4.69) is 127 Å². The average Bonchev–Trinajstić information content (AvgIpc) is 2.86. The van der Waals surface area contributed by atoms with Crippen LogP contribution >= 0.6 is 11.8 Å². The van der Waals surface area contributed by atoms with Crippen LogP contribution in [0.2, 0.25) is 0 Å². The Hall–Kier alpha value is -2.19. The van der Waals surface area contributed by atoms with E-state index in [0.717, 1.165) is 0 Å². The van der Waals surface area contributed by atoms with Gasteiger partial charge in [0.25, 0.3) is 0 Å². The fraction of sp³-hybridized carbons (Fsp3) is 0.379. The molecule has 1 unspecified atom stereocenters. The van der Waals surface area contributed by atoms with Crippen LogP contribution in [0.1, 0.15) is 58.2 Å². The number of hydrogen-bond acceptors (Lipinski definition) is 2. The van der Waals surface area contributed by atoms with Crippen LogP contribution < -0.4 is 4.90 Å². The van der Waals surface area contributed by atoms with E-state index in [4.69, 9.17) is 0 Å². The van der Waals surface area contributed by atoms with Crippen molar-refractivity contribution in [3.05, 3.63) is 77.4 Å². The molecular weight excluding hydrogens is 394 g/mol. The van der Waals surface area contributed by atoms with E-state index in [1.54, 1.807) is 0 Å². The predicted octanol–water partition coefficient (Wildman–Crippen LogP) is 8.44. The second kappa shape index (κ2) is 7.45. The standard InChI is InChI=1S/C24H23NS.C5H12/c1-16-15-17-13-14-24(26-22(17)19-10-6-5-9-18(16)19)23(2,3)20-11-7-8-12-21(20)25(24)4;1-5(2,3)4/h5-15H,1-4H3;1-4H3. The topological polar surface area (TPSA) is 3.24 Å². The molecule has 2 heterocycles. The molecule has 162 valence electrons. The molecule has 2 aliphatic rings. The minimum Gasteiger partial charge on any atom is -0.355 e. The molecule has 0 amide bonds. The Morgan fingerprint density at radius 1 is 0.871 bits per heavy atom. The van der Waals surface area contributed by atoms with Crippen molar-refractivity contribution in [3.8, 4) is 0 Å². The maximum absolute atomic E-state index is 2.47. The summed E-state index contributed by atoms with van der Waals surface area (Å²) in [6.07, 6.45) is 4.77. The lowest BCUT2D eigenvalue weighted by atomic mass is 9.79. The number of anilines is 1. The quantitative estimate of drug-likeness (QED) is 0.353. The van der Waals surface area contributed by atoms with E-state index < -0.39 is 0 Å². The van der Waals surface area contributed by atoms with Gasteiger partial charge in [0.1, 0.15) is 4.87 Å². The van der Waals surface area contributed by atoms with Gasteiger partial charge in [0, 0.05) is 23.0 Å². The minimum atomic E-state index is -0.109. The summed E-state index contributed by atoms with van der Waals surface area (Å²) in [7, 11) is 2.24. The van der Waals surface area contributed by atoms with Crippen LogP contribution in [0.4, 0.5) is 5.69 Å². The van der Waals surface area contributed by atoms with Gasteiger partial charge in [0.05, 0.1) is 0 Å². The highest BCUT2D eigenvalue weighted by Crippen LogP contribution is 2.61. The monoisotopic (exact) mass is 429 g/mol. The molecule has 2 heteroatoms. The lowest BCUT2D eigenvalue weighted by Crippen LogP contribution is -2.50. The van der Waals surface area contributed by atoms with Crippen molar-refractivity contribution in [3.63, 3.8) is 0 Å². The molecule has 0 aliphatic carbocycles. The lowest BCUT2D eigenvalue weighted by molar-refractivity contribution is 0.451. The number of para-hydroxylation sites is 1. The van der Waals surface area contributed by atoms with Crippen molar-refractivity contribution in [1.82, 2.24) is 0 Å². The van der Waals surface area contributed by atoms with Crippen LogP contribution in [0, 0.1) is 12.3 Å². The van der Waals surface area contributed by atoms with Gasteiger partial charge in [-0.25, -0.2) is 0 Å². The Morgan fingerprint density at radius 2 is 1.45 bits per heavy atom. The fourth-order valence-corrected chi connectivity index (χ4v) is 6.37. The Kier molecular flexibility index (Phi) is 5.29. The smallest absolute Gasteiger partial charge is 0.119 e. The third-order valence-corrected chi connectivity index (χ3v) is 8.20. The van der Waals surface area contributed by atoms with Crippen molar-refractivity contribution in [2.24, 2.45) is 5.41 Å². The molecule has 0 aromatic heterocycles. The number of nitrogens with zero attached hydrogens (tertiary/aromatic N) is 1. The molecule has 0 bridgehead atoms. The van der Waals surface area contributed by atoms with Gasteiger partial charge in [-0.2, -0.15) is 0 Å². The van der Waals surface area contributed by atoms with Crippen LogP contribution in [0.25, 0.3) is 16.8 Å². The summed E-state index contributed by atoms with van der Waals surface area (Å²) in [5.74, 6) is 0. The molecular formula is C29H35NS. The van der Waals surface area contributed by atoms with Crippen LogP contribution in [-0.2, 0) is 5.41 Å². The number of benzene rings is 3. The van der Waals surface area contributed by atoms with Gasteiger partial charge in [0.15, 0.2) is 0 Å². The van der Waals surface area contributed by atoms with E-state index in [1.807, 2.05) is 11.8 Å². The highest BCUT2D eigenvalue weighted by Gasteiger charge is 2.55. The highest BCUT2D eigenvalue weighted by atomic mass is 32.2. The largest absolute Gasteiger partial charge is 0.355 e. The molecule has 1 nitrogen and oxygen atoms in total. The van der Waals surface area contributed by atoms with E-state index >= 15 is 0 Å². The van der Waals surface area contributed by atoms with Gasteiger partial charge in [-0.15, -0.1) is 0 Å². The number of fused-ring (bicyclic) bond motifs is 4. The first-order valence-electron chi connectivity index (χ1n) is 11.2. The maximum Gasteiger partial charge on any atom is 0.119 e. The molecule has 1 spiro atoms. The summed E-state index contributed by atoms with van der Waals surface area (Å²) in [6, 6.07) is 20.0. The summed E-state index contributed by atoms with van der Waals surface area (Å²) >= 11 is 2.02. The molecule has 0 radical (unpaired) electrons. The highest BCUT2D eigenvalue weighted by molar-refractivity contribution is 8.01. The molecule has 0 fully saturated rings. The van der Waals surface area contributed by atoms with Gasteiger partial charge in [-0.05, 0) is 51.9 Å². The number of hydrogen-bond donors (Lipinski definition) is 0. The van der Waals surface area contributed by atoms with E-state index in [0.29, 0.717) is 5.41 Å². The number of rotatable bonds is 0. The van der Waals surface area contributed by atoms with Gasteiger partial charge in [-0.1, -0.05) is 108 Å². The van der Waals surface area contributed by atoms with E-state index in [1.165, 1.54) is 38.0 Å². The normalized spacial score (nSPS) is 21.0. The summed E-state index contributed by atoms with van der Waals surface area (Å²) in [6.45, 7) is 15.7. The van der Waals surface area contributed by atoms with E-state index in [9.17, 15) is 0 Å². The first-order valence-corrected chi connectivity index (χ1v) is 12.0. The first-order chi connectivity index (χ1) is 14.5. The molecule has 1 atom stereocenters. The zero-order chi connectivity index (χ0) is 22.6. The van der Waals surface area contributed by atoms with Crippen molar-refractivity contribution in [2.45, 2.75) is 63.6 Å². The zero-order valence-electron chi connectivity index (χ0n) is 20.2. The summed E-state index contributed by atoms with van der Waals surface area (Å²) < 4.78 is 0. The molecule has 3 aromatic rings. The molecule has 0 N–H and O–H groups in total. The molecule has 5 rings (SSSR count). The maximum atomic E-state index is 2.47. The molecule has 0 saturated carbocycles. The predicted molar refractivity (Wildman–Crippen MR) is 139 cm³/mol. The van der Waals surface area contributed by atoms with Crippen LogP contribution in [-0.4, -0.2) is 11.9 Å². The van der Waals surface area contributed by atoms with Crippen molar-refractivity contribution < 1.29 is 0 Å². The number of thioether (sulfide) groups is 1. The molecule has 2 aliphatic heterocycles.